The van der Waals surface area contributed by atoms with Gasteiger partial charge in [0.2, 0.25) is 0 Å². The summed E-state index contributed by atoms with van der Waals surface area (Å²) in [6.45, 7) is 0.568. The molecule has 0 spiro atoms. The average Bonchev–Trinajstić information content (AvgIpc) is 2.52. The summed E-state index contributed by atoms with van der Waals surface area (Å²) in [5.41, 5.74) is 1.64. The number of benzene rings is 2. The van der Waals surface area contributed by atoms with Crippen LogP contribution in [0.15, 0.2) is 54.6 Å². The summed E-state index contributed by atoms with van der Waals surface area (Å²) < 4.78 is 31.6. The molecular formula is C16H17NO7S. The molecule has 0 aliphatic rings. The fourth-order valence-corrected chi connectivity index (χ4v) is 1.75. The third kappa shape index (κ3) is 9.11. The second kappa shape index (κ2) is 9.42. The molecule has 0 bridgehead atoms. The maximum Gasteiger partial charge on any atom is 0.394 e. The molecule has 134 valence electrons. The Morgan fingerprint density at radius 2 is 1.68 bits per heavy atom. The maximum atomic E-state index is 10.9. The van der Waals surface area contributed by atoms with E-state index in [1.807, 2.05) is 42.5 Å². The SMILES string of the molecule is O=C(O)c1cc(NCC=Cc2ccccc2)ccc1O.O=S(=O)(O)O. The number of phenols is 1. The van der Waals surface area contributed by atoms with Crippen molar-refractivity contribution in [3.8, 4) is 5.75 Å². The van der Waals surface area contributed by atoms with Gasteiger partial charge in [-0.05, 0) is 23.8 Å². The molecule has 0 amide bonds. The summed E-state index contributed by atoms with van der Waals surface area (Å²) in [4.78, 5) is 10.9. The highest BCUT2D eigenvalue weighted by atomic mass is 32.3. The minimum absolute atomic E-state index is 0.109. The van der Waals surface area contributed by atoms with Crippen LogP contribution in [-0.4, -0.2) is 40.3 Å². The lowest BCUT2D eigenvalue weighted by molar-refractivity contribution is 0.0693. The topological polar surface area (TPSA) is 144 Å². The predicted molar refractivity (Wildman–Crippen MR) is 93.2 cm³/mol. The molecule has 2 aromatic rings. The number of carboxylic acids is 1. The van der Waals surface area contributed by atoms with Gasteiger partial charge < -0.3 is 15.5 Å². The van der Waals surface area contributed by atoms with Gasteiger partial charge in [-0.3, -0.25) is 9.11 Å². The van der Waals surface area contributed by atoms with E-state index in [2.05, 4.69) is 5.32 Å². The predicted octanol–water partition coefficient (Wildman–Crippen LogP) is 2.56. The highest BCUT2D eigenvalue weighted by Crippen LogP contribution is 2.21. The van der Waals surface area contributed by atoms with Gasteiger partial charge >= 0.3 is 16.4 Å². The lowest BCUT2D eigenvalue weighted by Gasteiger charge is -2.06. The molecule has 2 rings (SSSR count). The smallest absolute Gasteiger partial charge is 0.394 e. The van der Waals surface area contributed by atoms with Crippen molar-refractivity contribution in [3.63, 3.8) is 0 Å². The molecular weight excluding hydrogens is 350 g/mol. The molecule has 0 aromatic heterocycles. The molecule has 0 heterocycles. The molecule has 8 nitrogen and oxygen atoms in total. The van der Waals surface area contributed by atoms with Gasteiger partial charge in [0.25, 0.3) is 0 Å². The second-order valence-electron chi connectivity index (χ2n) is 4.68. The van der Waals surface area contributed by atoms with Crippen molar-refractivity contribution in [2.45, 2.75) is 0 Å². The molecule has 0 saturated heterocycles. The summed E-state index contributed by atoms with van der Waals surface area (Å²) in [5, 5.41) is 21.4. The molecule has 9 heteroatoms. The third-order valence-electron chi connectivity index (χ3n) is 2.76. The maximum absolute atomic E-state index is 10.9. The van der Waals surface area contributed by atoms with Crippen LogP contribution in [0.2, 0.25) is 0 Å². The van der Waals surface area contributed by atoms with Crippen LogP contribution in [0.5, 0.6) is 5.75 Å². The molecule has 0 unspecified atom stereocenters. The van der Waals surface area contributed by atoms with Crippen LogP contribution in [0, 0.1) is 0 Å². The quantitative estimate of drug-likeness (QED) is 0.400. The molecule has 0 atom stereocenters. The van der Waals surface area contributed by atoms with Gasteiger partial charge in [0.1, 0.15) is 11.3 Å². The Hall–Kier alpha value is -2.88. The Labute approximate surface area is 144 Å². The molecule has 5 N–H and O–H groups in total. The van der Waals surface area contributed by atoms with Crippen molar-refractivity contribution >= 4 is 28.1 Å². The summed E-state index contributed by atoms with van der Waals surface area (Å²) in [6, 6.07) is 14.3. The van der Waals surface area contributed by atoms with Gasteiger partial charge in [0.15, 0.2) is 0 Å². The number of aromatic hydroxyl groups is 1. The number of hydrogen-bond donors (Lipinski definition) is 5. The number of nitrogens with one attached hydrogen (secondary N) is 1. The van der Waals surface area contributed by atoms with E-state index in [1.165, 1.54) is 12.1 Å². The highest BCUT2D eigenvalue weighted by molar-refractivity contribution is 7.79. The van der Waals surface area contributed by atoms with Crippen molar-refractivity contribution in [1.82, 2.24) is 0 Å². The summed E-state index contributed by atoms with van der Waals surface area (Å²) in [7, 11) is -4.67. The number of hydrogen-bond acceptors (Lipinski definition) is 5. The highest BCUT2D eigenvalue weighted by Gasteiger charge is 2.09. The van der Waals surface area contributed by atoms with Crippen LogP contribution in [-0.2, 0) is 10.4 Å². The van der Waals surface area contributed by atoms with Crippen LogP contribution in [0.1, 0.15) is 15.9 Å². The van der Waals surface area contributed by atoms with Crippen LogP contribution in [0.3, 0.4) is 0 Å². The van der Waals surface area contributed by atoms with E-state index in [0.29, 0.717) is 12.2 Å². The molecule has 0 saturated carbocycles. The van der Waals surface area contributed by atoms with Gasteiger partial charge in [0, 0.05) is 12.2 Å². The second-order valence-corrected chi connectivity index (χ2v) is 5.57. The Morgan fingerprint density at radius 1 is 1.08 bits per heavy atom. The summed E-state index contributed by atoms with van der Waals surface area (Å²) >= 11 is 0. The fraction of sp³-hybridized carbons (Fsp3) is 0.0625. The van der Waals surface area contributed by atoms with E-state index in [9.17, 15) is 9.90 Å². The van der Waals surface area contributed by atoms with E-state index in [4.69, 9.17) is 22.6 Å². The Kier molecular flexibility index (Phi) is 7.60. The molecule has 2 aromatic carbocycles. The minimum Gasteiger partial charge on any atom is -0.507 e. The summed E-state index contributed by atoms with van der Waals surface area (Å²) in [5.74, 6) is -1.38. The monoisotopic (exact) mass is 367 g/mol. The lowest BCUT2D eigenvalue weighted by atomic mass is 10.1. The van der Waals surface area contributed by atoms with E-state index < -0.39 is 16.4 Å². The first-order valence-corrected chi connectivity index (χ1v) is 8.28. The zero-order valence-corrected chi connectivity index (χ0v) is 13.7. The largest absolute Gasteiger partial charge is 0.507 e. The third-order valence-corrected chi connectivity index (χ3v) is 2.76. The zero-order valence-electron chi connectivity index (χ0n) is 12.9. The first-order valence-electron chi connectivity index (χ1n) is 6.88. The number of carboxylic acid groups (broad SMARTS) is 1. The van der Waals surface area contributed by atoms with Crippen molar-refractivity contribution < 1.29 is 32.5 Å². The fourth-order valence-electron chi connectivity index (χ4n) is 1.75. The Bertz CT molecular complexity index is 825. The van der Waals surface area contributed by atoms with Crippen LogP contribution >= 0.6 is 0 Å². The molecule has 0 radical (unpaired) electrons. The lowest BCUT2D eigenvalue weighted by Crippen LogP contribution is -2.01. The van der Waals surface area contributed by atoms with Crippen LogP contribution < -0.4 is 5.32 Å². The van der Waals surface area contributed by atoms with E-state index in [0.717, 1.165) is 5.56 Å². The number of anilines is 1. The van der Waals surface area contributed by atoms with Gasteiger partial charge in [-0.2, -0.15) is 8.42 Å². The normalized spacial score (nSPS) is 10.8. The number of aromatic carboxylic acids is 1. The first kappa shape index (κ1) is 20.2. The van der Waals surface area contributed by atoms with Crippen LogP contribution in [0.25, 0.3) is 6.08 Å². The first-order chi connectivity index (χ1) is 11.7. The van der Waals surface area contributed by atoms with Gasteiger partial charge in [0.05, 0.1) is 0 Å². The van der Waals surface area contributed by atoms with E-state index in [-0.39, 0.29) is 11.3 Å². The Morgan fingerprint density at radius 3 is 2.24 bits per heavy atom. The van der Waals surface area contributed by atoms with Crippen molar-refractivity contribution in [3.05, 3.63) is 65.7 Å². The van der Waals surface area contributed by atoms with Crippen LogP contribution in [0.4, 0.5) is 5.69 Å². The molecule has 25 heavy (non-hydrogen) atoms. The van der Waals surface area contributed by atoms with Gasteiger partial charge in [-0.15, -0.1) is 0 Å². The van der Waals surface area contributed by atoms with Gasteiger partial charge in [-0.1, -0.05) is 42.5 Å². The average molecular weight is 367 g/mol. The van der Waals surface area contributed by atoms with Crippen molar-refractivity contribution in [1.29, 1.82) is 0 Å². The number of carbonyl (C=O) groups is 1. The molecule has 0 aliphatic carbocycles. The number of rotatable bonds is 5. The van der Waals surface area contributed by atoms with Crippen molar-refractivity contribution in [2.24, 2.45) is 0 Å². The van der Waals surface area contributed by atoms with E-state index in [1.54, 1.807) is 6.07 Å². The molecule has 0 aliphatic heterocycles. The standard InChI is InChI=1S/C16H15NO3.H2O4S/c18-15-9-8-13(11-14(15)16(19)20)17-10-4-7-12-5-2-1-3-6-12;1-5(2,3)4/h1-9,11,17-18H,10H2,(H,19,20);(H2,1,2,3,4). The van der Waals surface area contributed by atoms with E-state index >= 15 is 0 Å². The van der Waals surface area contributed by atoms with Crippen molar-refractivity contribution in [2.75, 3.05) is 11.9 Å². The molecule has 0 fully saturated rings. The summed E-state index contributed by atoms with van der Waals surface area (Å²) in [6.07, 6.45) is 3.92. The zero-order chi connectivity index (χ0) is 18.9. The Balaban J connectivity index is 0.000000550. The van der Waals surface area contributed by atoms with Gasteiger partial charge in [-0.25, -0.2) is 4.79 Å². The minimum atomic E-state index is -4.67.